The van der Waals surface area contributed by atoms with Crippen LogP contribution in [0.25, 0.3) is 0 Å². The number of aliphatic imine (C=N–C) groups is 2. The predicted molar refractivity (Wildman–Crippen MR) is 42.3 cm³/mol. The van der Waals surface area contributed by atoms with Gasteiger partial charge >= 0.3 is 5.97 Å². The number of hydrogen-bond acceptors (Lipinski definition) is 3. The van der Waals surface area contributed by atoms with E-state index in [0.29, 0.717) is 11.4 Å². The fraction of sp³-hybridized carbons (Fsp3) is 0.571. The highest BCUT2D eigenvalue weighted by Gasteiger charge is 2.35. The highest BCUT2D eigenvalue weighted by molar-refractivity contribution is 6.42. The van der Waals surface area contributed by atoms with Crippen LogP contribution in [0.2, 0.25) is 0 Å². The highest BCUT2D eigenvalue weighted by Crippen LogP contribution is 2.19. The smallest absolute Gasteiger partial charge is 0.354 e. The van der Waals surface area contributed by atoms with Crippen LogP contribution in [0, 0.1) is 0 Å². The quantitative estimate of drug-likeness (QED) is 0.605. The van der Waals surface area contributed by atoms with Gasteiger partial charge in [0.15, 0.2) is 0 Å². The molecular weight excluding hydrogens is 144 g/mol. The largest absolute Gasteiger partial charge is 0.478 e. The molecule has 0 aromatic carbocycles. The van der Waals surface area contributed by atoms with Gasteiger partial charge in [-0.15, -0.1) is 0 Å². The van der Waals surface area contributed by atoms with Crippen LogP contribution in [-0.4, -0.2) is 28.2 Å². The van der Waals surface area contributed by atoms with E-state index in [-0.39, 0.29) is 0 Å². The normalized spacial score (nSPS) is 21.0. The Labute approximate surface area is 64.7 Å². The Morgan fingerprint density at radius 3 is 1.91 bits per heavy atom. The molecule has 0 radical (unpaired) electrons. The third kappa shape index (κ3) is 1.15. The van der Waals surface area contributed by atoms with Crippen LogP contribution in [0.15, 0.2) is 9.98 Å². The summed E-state index contributed by atoms with van der Waals surface area (Å²) < 4.78 is 0. The van der Waals surface area contributed by atoms with Gasteiger partial charge in [0.2, 0.25) is 5.66 Å². The first-order valence-corrected chi connectivity index (χ1v) is 3.32. The first kappa shape index (κ1) is 7.91. The van der Waals surface area contributed by atoms with Gasteiger partial charge in [0.25, 0.3) is 0 Å². The lowest BCUT2D eigenvalue weighted by Crippen LogP contribution is -2.28. The van der Waals surface area contributed by atoms with Crippen LogP contribution in [0.4, 0.5) is 0 Å². The molecule has 0 unspecified atom stereocenters. The Morgan fingerprint density at radius 1 is 1.36 bits per heavy atom. The summed E-state index contributed by atoms with van der Waals surface area (Å²) in [4.78, 5) is 18.4. The third-order valence-corrected chi connectivity index (χ3v) is 1.70. The summed E-state index contributed by atoms with van der Waals surface area (Å²) in [5, 5.41) is 8.69. The van der Waals surface area contributed by atoms with Crippen molar-refractivity contribution in [2.75, 3.05) is 0 Å². The topological polar surface area (TPSA) is 62.0 Å². The number of carbonyl (C=O) groups is 1. The first-order valence-electron chi connectivity index (χ1n) is 3.32. The number of rotatable bonds is 1. The van der Waals surface area contributed by atoms with Crippen molar-refractivity contribution in [3.8, 4) is 0 Å². The predicted octanol–water partition coefficient (Wildman–Crippen LogP) is 0.723. The van der Waals surface area contributed by atoms with Crippen molar-refractivity contribution in [2.45, 2.75) is 26.4 Å². The fourth-order valence-electron chi connectivity index (χ4n) is 0.936. The van der Waals surface area contributed by atoms with Gasteiger partial charge < -0.3 is 5.11 Å². The molecule has 0 aromatic heterocycles. The summed E-state index contributed by atoms with van der Waals surface area (Å²) in [6.45, 7) is 5.00. The molecule has 0 aliphatic carbocycles. The van der Waals surface area contributed by atoms with Crippen molar-refractivity contribution in [3.63, 3.8) is 0 Å². The molecule has 0 saturated carbocycles. The Hall–Kier alpha value is -1.19. The third-order valence-electron chi connectivity index (χ3n) is 1.70. The molecule has 0 fully saturated rings. The van der Waals surface area contributed by atoms with Crippen molar-refractivity contribution >= 4 is 17.4 Å². The van der Waals surface area contributed by atoms with E-state index in [1.165, 1.54) is 6.92 Å². The maximum atomic E-state index is 10.6. The van der Waals surface area contributed by atoms with Crippen molar-refractivity contribution in [2.24, 2.45) is 9.98 Å². The zero-order chi connectivity index (χ0) is 8.65. The van der Waals surface area contributed by atoms with E-state index in [1.807, 2.05) is 0 Å². The Bertz CT molecular complexity index is 248. The molecule has 1 N–H and O–H groups in total. The summed E-state index contributed by atoms with van der Waals surface area (Å²) in [6, 6.07) is 0. The van der Waals surface area contributed by atoms with Gasteiger partial charge in [-0.05, 0) is 20.8 Å². The van der Waals surface area contributed by atoms with Gasteiger partial charge in [-0.2, -0.15) is 0 Å². The van der Waals surface area contributed by atoms with Crippen molar-refractivity contribution < 1.29 is 9.90 Å². The van der Waals surface area contributed by atoms with Gasteiger partial charge in [0.05, 0.1) is 11.4 Å². The maximum Gasteiger partial charge on any atom is 0.354 e. The second-order valence-corrected chi connectivity index (χ2v) is 2.72. The fourth-order valence-corrected chi connectivity index (χ4v) is 0.936. The van der Waals surface area contributed by atoms with E-state index in [2.05, 4.69) is 9.98 Å². The molecule has 4 nitrogen and oxygen atoms in total. The Balaban J connectivity index is 3.06. The van der Waals surface area contributed by atoms with Crippen LogP contribution in [-0.2, 0) is 4.79 Å². The monoisotopic (exact) mass is 154 g/mol. The molecular formula is C7H10N2O2. The van der Waals surface area contributed by atoms with Gasteiger partial charge in [0.1, 0.15) is 0 Å². The lowest BCUT2D eigenvalue weighted by Gasteiger charge is -2.09. The van der Waals surface area contributed by atoms with E-state index < -0.39 is 11.6 Å². The molecule has 1 heterocycles. The van der Waals surface area contributed by atoms with E-state index in [4.69, 9.17) is 5.11 Å². The second-order valence-electron chi connectivity index (χ2n) is 2.72. The standard InChI is InChI=1S/C7H10N2O2/c1-4-5(2)9-7(3,8-4)6(10)11/h1-3H3,(H,10,11). The van der Waals surface area contributed by atoms with Gasteiger partial charge in [-0.3, -0.25) is 0 Å². The SMILES string of the molecule is CC1=NC(C)(C(=O)O)N=C1C. The molecule has 0 spiro atoms. The molecule has 0 aromatic rings. The molecule has 1 aliphatic rings. The molecule has 1 aliphatic heterocycles. The van der Waals surface area contributed by atoms with Gasteiger partial charge in [-0.25, -0.2) is 14.8 Å². The summed E-state index contributed by atoms with van der Waals surface area (Å²) in [5.41, 5.74) is 0.138. The van der Waals surface area contributed by atoms with Crippen LogP contribution < -0.4 is 0 Å². The van der Waals surface area contributed by atoms with Crippen molar-refractivity contribution in [1.82, 2.24) is 0 Å². The molecule has 60 valence electrons. The molecule has 0 amide bonds. The number of hydrogen-bond donors (Lipinski definition) is 1. The molecule has 1 rings (SSSR count). The summed E-state index contributed by atoms with van der Waals surface area (Å²) in [5.74, 6) is -1.01. The Morgan fingerprint density at radius 2 is 1.73 bits per heavy atom. The van der Waals surface area contributed by atoms with Crippen LogP contribution in [0.5, 0.6) is 0 Å². The molecule has 4 heteroatoms. The molecule has 0 bridgehead atoms. The first-order chi connectivity index (χ1) is 4.96. The zero-order valence-corrected chi connectivity index (χ0v) is 6.75. The molecule has 11 heavy (non-hydrogen) atoms. The highest BCUT2D eigenvalue weighted by atomic mass is 16.4. The number of aliphatic carboxylic acids is 1. The van der Waals surface area contributed by atoms with Crippen LogP contribution >= 0.6 is 0 Å². The summed E-state index contributed by atoms with van der Waals surface area (Å²) in [6.07, 6.45) is 0. The lowest BCUT2D eigenvalue weighted by atomic mass is 10.2. The van der Waals surface area contributed by atoms with Crippen molar-refractivity contribution in [3.05, 3.63) is 0 Å². The van der Waals surface area contributed by atoms with Crippen LogP contribution in [0.1, 0.15) is 20.8 Å². The average Bonchev–Trinajstić information content (AvgIpc) is 2.09. The minimum absolute atomic E-state index is 0.704. The second kappa shape index (κ2) is 2.15. The number of nitrogens with zero attached hydrogens (tertiary/aromatic N) is 2. The van der Waals surface area contributed by atoms with Gasteiger partial charge in [0, 0.05) is 0 Å². The summed E-state index contributed by atoms with van der Waals surface area (Å²) >= 11 is 0. The molecule has 0 saturated heterocycles. The number of carboxylic acid groups (broad SMARTS) is 1. The van der Waals surface area contributed by atoms with E-state index in [9.17, 15) is 4.79 Å². The van der Waals surface area contributed by atoms with Crippen LogP contribution in [0.3, 0.4) is 0 Å². The minimum Gasteiger partial charge on any atom is -0.478 e. The minimum atomic E-state index is -1.27. The van der Waals surface area contributed by atoms with Gasteiger partial charge in [-0.1, -0.05) is 0 Å². The maximum absolute atomic E-state index is 10.6. The van der Waals surface area contributed by atoms with Crippen molar-refractivity contribution in [1.29, 1.82) is 0 Å². The van der Waals surface area contributed by atoms with E-state index in [1.54, 1.807) is 13.8 Å². The average molecular weight is 154 g/mol. The van der Waals surface area contributed by atoms with E-state index >= 15 is 0 Å². The Kier molecular flexibility index (Phi) is 1.55. The zero-order valence-electron chi connectivity index (χ0n) is 6.75. The number of carboxylic acids is 1. The lowest BCUT2D eigenvalue weighted by molar-refractivity contribution is -0.142. The molecule has 0 atom stereocenters. The van der Waals surface area contributed by atoms with E-state index in [0.717, 1.165) is 0 Å². The summed E-state index contributed by atoms with van der Waals surface area (Å²) in [7, 11) is 0.